The van der Waals surface area contributed by atoms with Crippen LogP contribution in [0.15, 0.2) is 41.2 Å². The molecule has 4 nitrogen and oxygen atoms in total. The van der Waals surface area contributed by atoms with E-state index in [1.165, 1.54) is 19.6 Å². The minimum Gasteiger partial charge on any atom is -0.493 e. The van der Waals surface area contributed by atoms with E-state index in [1.807, 2.05) is 13.0 Å². The van der Waals surface area contributed by atoms with E-state index in [9.17, 15) is 4.79 Å². The zero-order chi connectivity index (χ0) is 12.3. The van der Waals surface area contributed by atoms with Gasteiger partial charge >= 0.3 is 5.97 Å². The highest BCUT2D eigenvalue weighted by Gasteiger charge is 2.13. The number of benzene rings is 1. The van der Waals surface area contributed by atoms with E-state index in [0.717, 1.165) is 5.56 Å². The average molecular weight is 232 g/mol. The zero-order valence-corrected chi connectivity index (χ0v) is 9.60. The molecule has 4 heteroatoms. The van der Waals surface area contributed by atoms with Crippen molar-refractivity contribution in [1.29, 1.82) is 0 Å². The third kappa shape index (κ3) is 2.47. The van der Waals surface area contributed by atoms with Crippen LogP contribution in [0.1, 0.15) is 15.9 Å². The molecule has 0 saturated heterocycles. The van der Waals surface area contributed by atoms with Crippen LogP contribution in [0.3, 0.4) is 0 Å². The Hall–Kier alpha value is -2.23. The summed E-state index contributed by atoms with van der Waals surface area (Å²) in [5, 5.41) is 0. The van der Waals surface area contributed by atoms with Crippen molar-refractivity contribution in [1.82, 2.24) is 0 Å². The number of furan rings is 1. The third-order valence-electron chi connectivity index (χ3n) is 2.28. The number of aryl methyl sites for hydroxylation is 1. The molecule has 0 fully saturated rings. The van der Waals surface area contributed by atoms with E-state index >= 15 is 0 Å². The van der Waals surface area contributed by atoms with Crippen LogP contribution in [0.25, 0.3) is 0 Å². The van der Waals surface area contributed by atoms with Crippen molar-refractivity contribution < 1.29 is 18.7 Å². The molecule has 0 radical (unpaired) electrons. The van der Waals surface area contributed by atoms with Crippen molar-refractivity contribution in [3.05, 3.63) is 47.9 Å². The maximum absolute atomic E-state index is 11.7. The molecule has 0 aliphatic heterocycles. The summed E-state index contributed by atoms with van der Waals surface area (Å²) >= 11 is 0. The van der Waals surface area contributed by atoms with Gasteiger partial charge in [-0.3, -0.25) is 0 Å². The van der Waals surface area contributed by atoms with Gasteiger partial charge in [0.05, 0.1) is 18.9 Å². The van der Waals surface area contributed by atoms with Gasteiger partial charge in [0.1, 0.15) is 6.26 Å². The summed E-state index contributed by atoms with van der Waals surface area (Å²) in [6.07, 6.45) is 2.76. The lowest BCUT2D eigenvalue weighted by Crippen LogP contribution is -2.08. The van der Waals surface area contributed by atoms with E-state index in [4.69, 9.17) is 13.9 Å². The first-order valence-electron chi connectivity index (χ1n) is 5.09. The van der Waals surface area contributed by atoms with Crippen LogP contribution in [-0.2, 0) is 0 Å². The SMILES string of the molecule is COc1cc(C)ccc1OC(=O)c1ccoc1. The van der Waals surface area contributed by atoms with Gasteiger partial charge < -0.3 is 13.9 Å². The Balaban J connectivity index is 2.21. The molecule has 0 aliphatic carbocycles. The lowest BCUT2D eigenvalue weighted by molar-refractivity contribution is 0.0729. The van der Waals surface area contributed by atoms with Crippen molar-refractivity contribution in [2.24, 2.45) is 0 Å². The topological polar surface area (TPSA) is 48.7 Å². The Morgan fingerprint density at radius 1 is 1.24 bits per heavy atom. The molecular formula is C13H12O4. The quantitative estimate of drug-likeness (QED) is 0.603. The summed E-state index contributed by atoms with van der Waals surface area (Å²) in [5.74, 6) is 0.451. The number of ether oxygens (including phenoxy) is 2. The molecule has 0 spiro atoms. The number of carbonyl (C=O) groups is 1. The van der Waals surface area contributed by atoms with Crippen molar-refractivity contribution in [3.63, 3.8) is 0 Å². The molecule has 0 saturated carbocycles. The predicted molar refractivity (Wildman–Crippen MR) is 61.4 cm³/mol. The van der Waals surface area contributed by atoms with Gasteiger partial charge in [-0.2, -0.15) is 0 Å². The minimum absolute atomic E-state index is 0.368. The van der Waals surface area contributed by atoms with E-state index in [1.54, 1.807) is 18.2 Å². The van der Waals surface area contributed by atoms with Crippen LogP contribution >= 0.6 is 0 Å². The van der Waals surface area contributed by atoms with Crippen LogP contribution < -0.4 is 9.47 Å². The van der Waals surface area contributed by atoms with E-state index in [0.29, 0.717) is 17.1 Å². The Morgan fingerprint density at radius 2 is 2.06 bits per heavy atom. The lowest BCUT2D eigenvalue weighted by atomic mass is 10.2. The lowest BCUT2D eigenvalue weighted by Gasteiger charge is -2.08. The second-order valence-corrected chi connectivity index (χ2v) is 3.56. The smallest absolute Gasteiger partial charge is 0.346 e. The van der Waals surface area contributed by atoms with E-state index in [2.05, 4.69) is 0 Å². The second-order valence-electron chi connectivity index (χ2n) is 3.56. The summed E-state index contributed by atoms with van der Waals surface area (Å²) in [6.45, 7) is 1.93. The maximum atomic E-state index is 11.7. The number of carbonyl (C=O) groups excluding carboxylic acids is 1. The van der Waals surface area contributed by atoms with Gasteiger partial charge in [-0.1, -0.05) is 6.07 Å². The molecule has 0 unspecified atom stereocenters. The average Bonchev–Trinajstić information content (AvgIpc) is 2.85. The molecule has 1 heterocycles. The zero-order valence-electron chi connectivity index (χ0n) is 9.60. The Labute approximate surface area is 98.8 Å². The molecule has 0 aliphatic rings. The molecule has 17 heavy (non-hydrogen) atoms. The van der Waals surface area contributed by atoms with Crippen molar-refractivity contribution in [2.75, 3.05) is 7.11 Å². The summed E-state index contributed by atoms with van der Waals surface area (Å²) < 4.78 is 15.2. The monoisotopic (exact) mass is 232 g/mol. The number of hydrogen-bond donors (Lipinski definition) is 0. The summed E-state index contributed by atoms with van der Waals surface area (Å²) in [4.78, 5) is 11.7. The molecule has 2 rings (SSSR count). The molecule has 2 aromatic rings. The number of rotatable bonds is 3. The molecule has 0 N–H and O–H groups in total. The highest BCUT2D eigenvalue weighted by molar-refractivity contribution is 5.90. The van der Waals surface area contributed by atoms with Crippen molar-refractivity contribution in [2.45, 2.75) is 6.92 Å². The largest absolute Gasteiger partial charge is 0.493 e. The fourth-order valence-corrected chi connectivity index (χ4v) is 1.40. The number of esters is 1. The minimum atomic E-state index is -0.471. The summed E-state index contributed by atoms with van der Waals surface area (Å²) in [6, 6.07) is 6.90. The molecular weight excluding hydrogens is 220 g/mol. The number of hydrogen-bond acceptors (Lipinski definition) is 4. The highest BCUT2D eigenvalue weighted by atomic mass is 16.6. The van der Waals surface area contributed by atoms with E-state index in [-0.39, 0.29) is 0 Å². The molecule has 0 amide bonds. The Bertz CT molecular complexity index is 514. The third-order valence-corrected chi connectivity index (χ3v) is 2.28. The summed E-state index contributed by atoms with van der Waals surface area (Å²) in [7, 11) is 1.53. The van der Waals surface area contributed by atoms with Crippen molar-refractivity contribution >= 4 is 5.97 Å². The van der Waals surface area contributed by atoms with Crippen LogP contribution in [-0.4, -0.2) is 13.1 Å². The highest BCUT2D eigenvalue weighted by Crippen LogP contribution is 2.28. The first-order valence-corrected chi connectivity index (χ1v) is 5.09. The van der Waals surface area contributed by atoms with Crippen LogP contribution in [0, 0.1) is 6.92 Å². The second kappa shape index (κ2) is 4.74. The molecule has 88 valence electrons. The molecule has 0 atom stereocenters. The van der Waals surface area contributed by atoms with Gasteiger partial charge in [-0.15, -0.1) is 0 Å². The fraction of sp³-hybridized carbons (Fsp3) is 0.154. The maximum Gasteiger partial charge on any atom is 0.346 e. The van der Waals surface area contributed by atoms with Crippen LogP contribution in [0.5, 0.6) is 11.5 Å². The molecule has 1 aromatic heterocycles. The van der Waals surface area contributed by atoms with Gasteiger partial charge in [0.2, 0.25) is 0 Å². The van der Waals surface area contributed by atoms with E-state index < -0.39 is 5.97 Å². The van der Waals surface area contributed by atoms with Crippen LogP contribution in [0.2, 0.25) is 0 Å². The molecule has 1 aromatic carbocycles. The standard InChI is InChI=1S/C13H12O4/c1-9-3-4-11(12(7-9)15-2)17-13(14)10-5-6-16-8-10/h3-8H,1-2H3. The summed E-state index contributed by atoms with van der Waals surface area (Å²) in [5.41, 5.74) is 1.40. The normalized spacial score (nSPS) is 10.0. The Morgan fingerprint density at radius 3 is 2.71 bits per heavy atom. The van der Waals surface area contributed by atoms with Crippen LogP contribution in [0.4, 0.5) is 0 Å². The predicted octanol–water partition coefficient (Wildman–Crippen LogP) is 2.82. The van der Waals surface area contributed by atoms with Gasteiger partial charge in [-0.25, -0.2) is 4.79 Å². The van der Waals surface area contributed by atoms with Gasteiger partial charge in [0, 0.05) is 0 Å². The number of methoxy groups -OCH3 is 1. The van der Waals surface area contributed by atoms with Gasteiger partial charge in [0.25, 0.3) is 0 Å². The van der Waals surface area contributed by atoms with Gasteiger partial charge in [0.15, 0.2) is 11.5 Å². The van der Waals surface area contributed by atoms with Gasteiger partial charge in [-0.05, 0) is 30.7 Å². The first kappa shape index (κ1) is 11.3. The van der Waals surface area contributed by atoms with Crippen molar-refractivity contribution in [3.8, 4) is 11.5 Å². The Kier molecular flexibility index (Phi) is 3.14. The first-order chi connectivity index (χ1) is 8.20. The fourth-order valence-electron chi connectivity index (χ4n) is 1.40. The molecule has 0 bridgehead atoms.